The van der Waals surface area contributed by atoms with Crippen LogP contribution in [0.15, 0.2) is 18.2 Å². The molecule has 1 fully saturated rings. The van der Waals surface area contributed by atoms with E-state index < -0.39 is 4.92 Å². The molecule has 2 atom stereocenters. The number of aliphatic hydroxyl groups is 1. The number of nitro benzene ring substituents is 1. The Morgan fingerprint density at radius 3 is 2.89 bits per heavy atom. The summed E-state index contributed by atoms with van der Waals surface area (Å²) in [5.41, 5.74) is 0.784. The molecule has 1 aliphatic rings. The summed E-state index contributed by atoms with van der Waals surface area (Å²) in [6, 6.07) is 4.83. The Morgan fingerprint density at radius 2 is 2.26 bits per heavy atom. The van der Waals surface area contributed by atoms with Gasteiger partial charge in [0.15, 0.2) is 0 Å². The van der Waals surface area contributed by atoms with Gasteiger partial charge in [-0.1, -0.05) is 17.7 Å². The second-order valence-electron chi connectivity index (χ2n) is 5.01. The van der Waals surface area contributed by atoms with Gasteiger partial charge in [-0.2, -0.15) is 0 Å². The highest BCUT2D eigenvalue weighted by Gasteiger charge is 2.22. The summed E-state index contributed by atoms with van der Waals surface area (Å²) in [5, 5.41) is 23.6. The maximum Gasteiger partial charge on any atom is 0.288 e. The van der Waals surface area contributed by atoms with Crippen molar-refractivity contribution in [2.24, 2.45) is 5.92 Å². The van der Waals surface area contributed by atoms with Crippen LogP contribution in [-0.4, -0.2) is 22.7 Å². The van der Waals surface area contributed by atoms with E-state index in [0.717, 1.165) is 31.4 Å². The van der Waals surface area contributed by atoms with E-state index in [9.17, 15) is 15.2 Å². The molecule has 0 aliphatic heterocycles. The molecule has 1 aromatic rings. The second kappa shape index (κ2) is 6.32. The van der Waals surface area contributed by atoms with E-state index in [1.165, 1.54) is 6.07 Å². The molecule has 1 saturated carbocycles. The van der Waals surface area contributed by atoms with Crippen LogP contribution in [0.25, 0.3) is 0 Å². The third-order valence-corrected chi connectivity index (χ3v) is 3.80. The monoisotopic (exact) mass is 284 g/mol. The zero-order valence-electron chi connectivity index (χ0n) is 10.5. The molecule has 0 bridgehead atoms. The van der Waals surface area contributed by atoms with Crippen molar-refractivity contribution in [3.8, 4) is 0 Å². The summed E-state index contributed by atoms with van der Waals surface area (Å²) in [4.78, 5) is 10.3. The van der Waals surface area contributed by atoms with Crippen molar-refractivity contribution in [1.82, 2.24) is 5.32 Å². The van der Waals surface area contributed by atoms with Gasteiger partial charge in [0, 0.05) is 12.6 Å². The minimum absolute atomic E-state index is 0.0581. The number of nitrogens with one attached hydrogen (secondary N) is 1. The van der Waals surface area contributed by atoms with Gasteiger partial charge in [-0.3, -0.25) is 10.1 Å². The Labute approximate surface area is 116 Å². The number of benzene rings is 1. The minimum Gasteiger partial charge on any atom is -0.393 e. The average molecular weight is 285 g/mol. The van der Waals surface area contributed by atoms with E-state index in [1.54, 1.807) is 12.1 Å². The van der Waals surface area contributed by atoms with Gasteiger partial charge in [-0.25, -0.2) is 0 Å². The molecule has 0 heterocycles. The Kier molecular flexibility index (Phi) is 4.74. The summed E-state index contributed by atoms with van der Waals surface area (Å²) >= 11 is 5.76. The molecule has 0 saturated heterocycles. The fraction of sp³-hybridized carbons (Fsp3) is 0.538. The van der Waals surface area contributed by atoms with Crippen LogP contribution < -0.4 is 5.32 Å². The molecular formula is C13H17ClN2O3. The van der Waals surface area contributed by atoms with Crippen molar-refractivity contribution in [2.75, 3.05) is 6.54 Å². The largest absolute Gasteiger partial charge is 0.393 e. The molecule has 0 amide bonds. The number of rotatable bonds is 5. The van der Waals surface area contributed by atoms with Crippen LogP contribution >= 0.6 is 11.6 Å². The van der Waals surface area contributed by atoms with Crippen molar-refractivity contribution >= 4 is 17.3 Å². The maximum absolute atomic E-state index is 10.8. The van der Waals surface area contributed by atoms with Crippen molar-refractivity contribution in [3.63, 3.8) is 0 Å². The SMILES string of the molecule is O=[N+]([O-])c1cc(CNCC2CCC(O)C2)ccc1Cl. The standard InChI is InChI=1S/C13H17ClN2O3/c14-12-4-2-10(6-13(12)16(18)19)8-15-7-9-1-3-11(17)5-9/h2,4,6,9,11,15,17H,1,3,5,7-8H2. The number of hydrogen-bond acceptors (Lipinski definition) is 4. The molecule has 2 rings (SSSR count). The molecule has 1 aromatic carbocycles. The van der Waals surface area contributed by atoms with E-state index in [1.807, 2.05) is 0 Å². The van der Waals surface area contributed by atoms with Crippen molar-refractivity contribution in [1.29, 1.82) is 0 Å². The van der Waals surface area contributed by atoms with Crippen LogP contribution in [0, 0.1) is 16.0 Å². The van der Waals surface area contributed by atoms with Gasteiger partial charge < -0.3 is 10.4 Å². The molecule has 0 aromatic heterocycles. The van der Waals surface area contributed by atoms with Crippen LogP contribution in [0.2, 0.25) is 5.02 Å². The van der Waals surface area contributed by atoms with Crippen LogP contribution in [-0.2, 0) is 6.54 Å². The van der Waals surface area contributed by atoms with Crippen molar-refractivity contribution in [2.45, 2.75) is 31.9 Å². The zero-order chi connectivity index (χ0) is 13.8. The van der Waals surface area contributed by atoms with E-state index in [2.05, 4.69) is 5.32 Å². The first-order valence-electron chi connectivity index (χ1n) is 6.38. The van der Waals surface area contributed by atoms with Crippen LogP contribution in [0.4, 0.5) is 5.69 Å². The number of nitrogens with zero attached hydrogens (tertiary/aromatic N) is 1. The van der Waals surface area contributed by atoms with Gasteiger partial charge >= 0.3 is 0 Å². The smallest absolute Gasteiger partial charge is 0.288 e. The molecule has 0 radical (unpaired) electrons. The second-order valence-corrected chi connectivity index (χ2v) is 5.41. The zero-order valence-corrected chi connectivity index (χ0v) is 11.3. The van der Waals surface area contributed by atoms with Gasteiger partial charge in [0.2, 0.25) is 0 Å². The highest BCUT2D eigenvalue weighted by molar-refractivity contribution is 6.32. The normalized spacial score (nSPS) is 22.6. The number of hydrogen-bond donors (Lipinski definition) is 2. The number of halogens is 1. The predicted octanol–water partition coefficient (Wildman–Crippen LogP) is 2.50. The summed E-state index contributed by atoms with van der Waals surface area (Å²) in [6.45, 7) is 1.40. The Morgan fingerprint density at radius 1 is 1.47 bits per heavy atom. The lowest BCUT2D eigenvalue weighted by molar-refractivity contribution is -0.384. The fourth-order valence-corrected chi connectivity index (χ4v) is 2.65. The molecular weight excluding hydrogens is 268 g/mol. The van der Waals surface area contributed by atoms with Crippen LogP contribution in [0.5, 0.6) is 0 Å². The van der Waals surface area contributed by atoms with Gasteiger partial charge in [-0.05, 0) is 43.4 Å². The lowest BCUT2D eigenvalue weighted by Gasteiger charge is -2.10. The molecule has 2 N–H and O–H groups in total. The summed E-state index contributed by atoms with van der Waals surface area (Å²) in [7, 11) is 0. The minimum atomic E-state index is -0.473. The lowest BCUT2D eigenvalue weighted by atomic mass is 10.1. The predicted molar refractivity (Wildman–Crippen MR) is 73.2 cm³/mol. The third-order valence-electron chi connectivity index (χ3n) is 3.48. The van der Waals surface area contributed by atoms with Gasteiger partial charge in [0.05, 0.1) is 11.0 Å². The van der Waals surface area contributed by atoms with Crippen LogP contribution in [0.3, 0.4) is 0 Å². The van der Waals surface area contributed by atoms with E-state index >= 15 is 0 Å². The molecule has 2 unspecified atom stereocenters. The molecule has 5 nitrogen and oxygen atoms in total. The topological polar surface area (TPSA) is 75.4 Å². The first-order chi connectivity index (χ1) is 9.06. The summed E-state index contributed by atoms with van der Waals surface area (Å²) in [6.07, 6.45) is 2.59. The Hall–Kier alpha value is -1.17. The molecule has 19 heavy (non-hydrogen) atoms. The number of nitro groups is 1. The summed E-state index contributed by atoms with van der Waals surface area (Å²) in [5.74, 6) is 0.497. The first kappa shape index (κ1) is 14.2. The van der Waals surface area contributed by atoms with Crippen molar-refractivity contribution < 1.29 is 10.0 Å². The third kappa shape index (κ3) is 3.89. The van der Waals surface area contributed by atoms with Gasteiger partial charge in [-0.15, -0.1) is 0 Å². The molecule has 1 aliphatic carbocycles. The average Bonchev–Trinajstić information content (AvgIpc) is 2.77. The highest BCUT2D eigenvalue weighted by Crippen LogP contribution is 2.26. The van der Waals surface area contributed by atoms with Gasteiger partial charge in [0.1, 0.15) is 5.02 Å². The number of aliphatic hydroxyl groups excluding tert-OH is 1. The van der Waals surface area contributed by atoms with E-state index in [4.69, 9.17) is 11.6 Å². The van der Waals surface area contributed by atoms with E-state index in [0.29, 0.717) is 12.5 Å². The maximum atomic E-state index is 10.8. The van der Waals surface area contributed by atoms with Crippen molar-refractivity contribution in [3.05, 3.63) is 38.9 Å². The molecule has 6 heteroatoms. The van der Waals surface area contributed by atoms with Gasteiger partial charge in [0.25, 0.3) is 5.69 Å². The molecule has 0 spiro atoms. The quantitative estimate of drug-likeness (QED) is 0.643. The molecule has 104 valence electrons. The fourth-order valence-electron chi connectivity index (χ4n) is 2.46. The first-order valence-corrected chi connectivity index (χ1v) is 6.75. The summed E-state index contributed by atoms with van der Waals surface area (Å²) < 4.78 is 0. The Balaban J connectivity index is 1.86. The highest BCUT2D eigenvalue weighted by atomic mass is 35.5. The van der Waals surface area contributed by atoms with Crippen LogP contribution in [0.1, 0.15) is 24.8 Å². The van der Waals surface area contributed by atoms with E-state index in [-0.39, 0.29) is 16.8 Å². The lowest BCUT2D eigenvalue weighted by Crippen LogP contribution is -2.21. The Bertz CT molecular complexity index is 467.